The van der Waals surface area contributed by atoms with E-state index in [4.69, 9.17) is 8.83 Å². The quantitative estimate of drug-likeness (QED) is 0.920. The van der Waals surface area contributed by atoms with Gasteiger partial charge in [-0.15, -0.1) is 0 Å². The molecule has 4 nitrogen and oxygen atoms in total. The van der Waals surface area contributed by atoms with Gasteiger partial charge in [0.2, 0.25) is 0 Å². The Labute approximate surface area is 111 Å². The van der Waals surface area contributed by atoms with E-state index in [1.165, 1.54) is 0 Å². The average molecular weight is 260 g/mol. The fraction of sp³-hybridized carbons (Fsp3) is 0.400. The molecule has 2 aromatic heterocycles. The number of carbonyl (C=O) groups excluding carboxylic acids is 1. The van der Waals surface area contributed by atoms with Crippen molar-refractivity contribution in [3.63, 3.8) is 0 Å². The number of hydrogen-bond donors (Lipinski definition) is 1. The van der Waals surface area contributed by atoms with E-state index >= 15 is 0 Å². The smallest absolute Gasteiger partial charge is 0.161 e. The molecule has 100 valence electrons. The van der Waals surface area contributed by atoms with Crippen molar-refractivity contribution in [3.8, 4) is 0 Å². The summed E-state index contributed by atoms with van der Waals surface area (Å²) in [7, 11) is 0. The number of carbonyl (C=O) groups is 1. The second kappa shape index (κ2) is 5.05. The fourth-order valence-electron chi connectivity index (χ4n) is 2.97. The van der Waals surface area contributed by atoms with Crippen molar-refractivity contribution < 1.29 is 18.9 Å². The molecule has 1 fully saturated rings. The van der Waals surface area contributed by atoms with Crippen LogP contribution in [0.2, 0.25) is 0 Å². The molecule has 1 saturated heterocycles. The maximum atomic E-state index is 12.3. The molecule has 4 heteroatoms. The molecule has 0 spiro atoms. The van der Waals surface area contributed by atoms with Gasteiger partial charge in [-0.3, -0.25) is 4.79 Å². The van der Waals surface area contributed by atoms with Crippen molar-refractivity contribution in [2.75, 3.05) is 0 Å². The molecular weight excluding hydrogens is 242 g/mol. The van der Waals surface area contributed by atoms with Gasteiger partial charge in [0.1, 0.15) is 5.78 Å². The lowest BCUT2D eigenvalue weighted by molar-refractivity contribution is -0.746. The third-order valence-electron chi connectivity index (χ3n) is 3.93. The van der Waals surface area contributed by atoms with E-state index in [0.717, 1.165) is 17.9 Å². The number of rotatable bonds is 3. The minimum absolute atomic E-state index is 0.0253. The van der Waals surface area contributed by atoms with E-state index < -0.39 is 0 Å². The number of nitrogens with two attached hydrogens (primary N) is 1. The molecule has 0 saturated carbocycles. The van der Waals surface area contributed by atoms with Gasteiger partial charge in [0, 0.05) is 0 Å². The highest BCUT2D eigenvalue weighted by molar-refractivity contribution is 5.82. The van der Waals surface area contributed by atoms with Crippen LogP contribution in [0.3, 0.4) is 0 Å². The van der Waals surface area contributed by atoms with Crippen LogP contribution in [-0.4, -0.2) is 5.78 Å². The molecule has 3 rings (SSSR count). The zero-order chi connectivity index (χ0) is 13.2. The summed E-state index contributed by atoms with van der Waals surface area (Å²) in [5.41, 5.74) is 0. The maximum Gasteiger partial charge on any atom is 0.161 e. The lowest BCUT2D eigenvalue weighted by Gasteiger charge is -2.30. The third kappa shape index (κ3) is 2.24. The van der Waals surface area contributed by atoms with Crippen molar-refractivity contribution in [1.29, 1.82) is 0 Å². The van der Waals surface area contributed by atoms with Gasteiger partial charge >= 0.3 is 0 Å². The first-order chi connectivity index (χ1) is 9.29. The Morgan fingerprint density at radius 3 is 2.47 bits per heavy atom. The number of quaternary nitrogens is 1. The molecule has 1 aliphatic rings. The average Bonchev–Trinajstić information content (AvgIpc) is 3.11. The lowest BCUT2D eigenvalue weighted by atomic mass is 9.82. The van der Waals surface area contributed by atoms with Gasteiger partial charge in [0.25, 0.3) is 0 Å². The standard InChI is InChI=1S/C15H17NO3/c1-2-10-12(17)9-11(13-5-3-7-18-13)16-15(10)14-6-4-8-19-14/h3-8,10-11,15-16H,2,9H2,1H3/p+1/t10-,11+,15-/m1/s1. The van der Waals surface area contributed by atoms with Gasteiger partial charge < -0.3 is 14.2 Å². The van der Waals surface area contributed by atoms with Crippen LogP contribution < -0.4 is 5.32 Å². The van der Waals surface area contributed by atoms with Gasteiger partial charge in [-0.25, -0.2) is 0 Å². The van der Waals surface area contributed by atoms with Crippen LogP contribution in [0, 0.1) is 5.92 Å². The minimum Gasteiger partial charge on any atom is -0.463 e. The SMILES string of the molecule is CC[C@@H]1C(=O)C[C@@H](c2ccco2)[NH2+][C@H]1c1ccco1. The van der Waals surface area contributed by atoms with Gasteiger partial charge in [0.15, 0.2) is 23.6 Å². The molecular formula is C15H18NO3+. The summed E-state index contributed by atoms with van der Waals surface area (Å²) in [5, 5.41) is 2.20. The highest BCUT2D eigenvalue weighted by atomic mass is 16.3. The Hall–Kier alpha value is -1.81. The number of ketones is 1. The summed E-state index contributed by atoms with van der Waals surface area (Å²) in [5.74, 6) is 2.06. The molecule has 1 aliphatic heterocycles. The molecule has 2 N–H and O–H groups in total. The largest absolute Gasteiger partial charge is 0.463 e. The van der Waals surface area contributed by atoms with Crippen LogP contribution >= 0.6 is 0 Å². The normalized spacial score (nSPS) is 27.6. The summed E-state index contributed by atoms with van der Waals surface area (Å²) in [4.78, 5) is 12.3. The molecule has 0 amide bonds. The molecule has 0 unspecified atom stereocenters. The highest BCUT2D eigenvalue weighted by Crippen LogP contribution is 2.31. The molecule has 3 heterocycles. The Kier molecular flexibility index (Phi) is 3.25. The van der Waals surface area contributed by atoms with Gasteiger partial charge in [-0.1, -0.05) is 6.92 Å². The Morgan fingerprint density at radius 2 is 1.89 bits per heavy atom. The number of hydrogen-bond acceptors (Lipinski definition) is 3. The summed E-state index contributed by atoms with van der Waals surface area (Å²) >= 11 is 0. The molecule has 3 atom stereocenters. The topological polar surface area (TPSA) is 60.0 Å². The predicted molar refractivity (Wildman–Crippen MR) is 68.2 cm³/mol. The van der Waals surface area contributed by atoms with Crippen LogP contribution in [-0.2, 0) is 4.79 Å². The monoisotopic (exact) mass is 260 g/mol. The number of furan rings is 2. The minimum atomic E-state index is 0.0253. The maximum absolute atomic E-state index is 12.3. The lowest BCUT2D eigenvalue weighted by Crippen LogP contribution is -2.90. The zero-order valence-electron chi connectivity index (χ0n) is 10.9. The second-order valence-corrected chi connectivity index (χ2v) is 5.04. The first-order valence-corrected chi connectivity index (χ1v) is 6.74. The predicted octanol–water partition coefficient (Wildman–Crippen LogP) is 2.22. The van der Waals surface area contributed by atoms with Crippen LogP contribution in [0.1, 0.15) is 43.4 Å². The summed E-state index contributed by atoms with van der Waals surface area (Å²) in [6, 6.07) is 7.72. The van der Waals surface area contributed by atoms with Crippen molar-refractivity contribution in [2.24, 2.45) is 5.92 Å². The van der Waals surface area contributed by atoms with Crippen molar-refractivity contribution in [3.05, 3.63) is 48.3 Å². The van der Waals surface area contributed by atoms with Gasteiger partial charge in [-0.2, -0.15) is 0 Å². The van der Waals surface area contributed by atoms with E-state index in [-0.39, 0.29) is 18.0 Å². The van der Waals surface area contributed by atoms with E-state index in [1.807, 2.05) is 24.3 Å². The van der Waals surface area contributed by atoms with Crippen LogP contribution in [0.25, 0.3) is 0 Å². The molecule has 2 aromatic rings. The van der Waals surface area contributed by atoms with Gasteiger partial charge in [0.05, 0.1) is 24.9 Å². The fourth-order valence-corrected chi connectivity index (χ4v) is 2.97. The Bertz CT molecular complexity index is 530. The molecule has 0 aliphatic carbocycles. The van der Waals surface area contributed by atoms with E-state index in [2.05, 4.69) is 12.2 Å². The molecule has 0 bridgehead atoms. The number of piperidine rings is 1. The summed E-state index contributed by atoms with van der Waals surface area (Å²) in [6.07, 6.45) is 4.69. The van der Waals surface area contributed by atoms with Crippen molar-refractivity contribution >= 4 is 5.78 Å². The van der Waals surface area contributed by atoms with Crippen molar-refractivity contribution in [1.82, 2.24) is 0 Å². The van der Waals surface area contributed by atoms with Gasteiger partial charge in [-0.05, 0) is 30.7 Å². The highest BCUT2D eigenvalue weighted by Gasteiger charge is 2.42. The van der Waals surface area contributed by atoms with E-state index in [9.17, 15) is 4.79 Å². The Balaban J connectivity index is 1.89. The number of Topliss-reactive ketones (excluding diaryl/α,β-unsaturated/α-hetero) is 1. The van der Waals surface area contributed by atoms with Crippen LogP contribution in [0.5, 0.6) is 0 Å². The first kappa shape index (κ1) is 12.2. The molecule has 0 aromatic carbocycles. The Morgan fingerprint density at radius 1 is 1.21 bits per heavy atom. The third-order valence-corrected chi connectivity index (χ3v) is 3.93. The van der Waals surface area contributed by atoms with Crippen LogP contribution in [0.15, 0.2) is 45.6 Å². The molecule has 19 heavy (non-hydrogen) atoms. The van der Waals surface area contributed by atoms with E-state index in [0.29, 0.717) is 12.2 Å². The summed E-state index contributed by atoms with van der Waals surface area (Å²) < 4.78 is 10.9. The second-order valence-electron chi connectivity index (χ2n) is 5.04. The zero-order valence-corrected chi connectivity index (χ0v) is 10.9. The summed E-state index contributed by atoms with van der Waals surface area (Å²) in [6.45, 7) is 2.06. The van der Waals surface area contributed by atoms with Crippen LogP contribution in [0.4, 0.5) is 0 Å². The molecule has 0 radical (unpaired) electrons. The van der Waals surface area contributed by atoms with E-state index in [1.54, 1.807) is 12.5 Å². The van der Waals surface area contributed by atoms with Crippen molar-refractivity contribution in [2.45, 2.75) is 31.8 Å². The first-order valence-electron chi connectivity index (χ1n) is 6.74.